The summed E-state index contributed by atoms with van der Waals surface area (Å²) >= 11 is 0. The van der Waals surface area contributed by atoms with Crippen molar-refractivity contribution in [3.05, 3.63) is 35.4 Å². The molecule has 8 saturated carbocycles. The first-order valence-corrected chi connectivity index (χ1v) is 30.1. The van der Waals surface area contributed by atoms with E-state index in [0.717, 1.165) is 77.0 Å². The van der Waals surface area contributed by atoms with Crippen molar-refractivity contribution in [3.8, 4) is 22.5 Å². The number of anilines is 2. The first-order valence-electron chi connectivity index (χ1n) is 30.1. The molecule has 2 aliphatic heterocycles. The lowest BCUT2D eigenvalue weighted by molar-refractivity contribution is -0.191. The van der Waals surface area contributed by atoms with Crippen molar-refractivity contribution in [1.82, 2.24) is 19.6 Å². The number of hydrogen-bond acceptors (Lipinski definition) is 20. The number of nitrogens with zero attached hydrogens (tertiary/aromatic N) is 4. The van der Waals surface area contributed by atoms with Gasteiger partial charge in [0, 0.05) is 70.2 Å². The number of esters is 6. The van der Waals surface area contributed by atoms with Gasteiger partial charge in [0.15, 0.2) is 37.0 Å². The van der Waals surface area contributed by atoms with Gasteiger partial charge >= 0.3 is 35.8 Å². The number of hydrogen-bond donors (Lipinski definition) is 2. The van der Waals surface area contributed by atoms with Gasteiger partial charge in [-0.3, -0.25) is 38.4 Å². The summed E-state index contributed by atoms with van der Waals surface area (Å²) in [4.78, 5) is 104. The van der Waals surface area contributed by atoms with Crippen LogP contribution in [0.2, 0.25) is 0 Å². The summed E-state index contributed by atoms with van der Waals surface area (Å²) in [6, 6.07) is 7.71. The number of benzene rings is 1. The summed E-state index contributed by atoms with van der Waals surface area (Å²) < 4.78 is 61.5. The minimum absolute atomic E-state index is 0.0435. The zero-order valence-electron chi connectivity index (χ0n) is 49.0. The molecule has 2 aromatic heterocycles. The second-order valence-electron chi connectivity index (χ2n) is 25.6. The van der Waals surface area contributed by atoms with Crippen molar-refractivity contribution in [2.75, 3.05) is 37.1 Å². The molecule has 9 aliphatic carbocycles. The molecule has 11 aliphatic rings. The molecule has 8 atom stereocenters. The Kier molecular flexibility index (Phi) is 16.2. The molecular formula is C61H76N6O18. The van der Waals surface area contributed by atoms with Gasteiger partial charge in [0.2, 0.25) is 11.8 Å². The summed E-state index contributed by atoms with van der Waals surface area (Å²) in [5, 5.41) is 17.5. The summed E-state index contributed by atoms with van der Waals surface area (Å²) in [5.41, 5.74) is 2.79. The van der Waals surface area contributed by atoms with E-state index in [4.69, 9.17) is 57.6 Å². The second-order valence-corrected chi connectivity index (χ2v) is 25.6. The number of fused-ring (bicyclic) bond motifs is 5. The van der Waals surface area contributed by atoms with Crippen molar-refractivity contribution in [3.63, 3.8) is 0 Å². The van der Waals surface area contributed by atoms with Gasteiger partial charge in [-0.05, 0) is 113 Å². The van der Waals surface area contributed by atoms with Crippen LogP contribution >= 0.6 is 0 Å². The molecule has 0 unspecified atom stereocenters. The topological polar surface area (TPSA) is 289 Å². The molecule has 1 aromatic carbocycles. The Morgan fingerprint density at radius 1 is 0.494 bits per heavy atom. The largest absolute Gasteiger partial charge is 0.463 e. The van der Waals surface area contributed by atoms with Crippen molar-refractivity contribution >= 4 is 59.3 Å². The lowest BCUT2D eigenvalue weighted by Crippen LogP contribution is -2.52. The van der Waals surface area contributed by atoms with Gasteiger partial charge in [-0.2, -0.15) is 10.2 Å². The number of carbonyl (C=O) groups excluding carboxylic acids is 8. The van der Waals surface area contributed by atoms with E-state index >= 15 is 9.59 Å². The minimum Gasteiger partial charge on any atom is -0.463 e. The van der Waals surface area contributed by atoms with Crippen LogP contribution in [0.15, 0.2) is 24.3 Å². The minimum atomic E-state index is -1.27. The highest BCUT2D eigenvalue weighted by Crippen LogP contribution is 2.62. The van der Waals surface area contributed by atoms with E-state index < -0.39 is 95.8 Å². The number of aromatic nitrogens is 4. The second kappa shape index (κ2) is 23.5. The molecule has 3 aromatic rings. The summed E-state index contributed by atoms with van der Waals surface area (Å²) in [5.74, 6) is -0.353. The monoisotopic (exact) mass is 1180 g/mol. The van der Waals surface area contributed by atoms with Crippen LogP contribution in [0, 0.1) is 46.3 Å². The molecule has 2 saturated heterocycles. The van der Waals surface area contributed by atoms with E-state index in [1.54, 1.807) is 9.36 Å². The molecule has 10 fully saturated rings. The Morgan fingerprint density at radius 2 is 0.824 bits per heavy atom. The lowest BCUT2D eigenvalue weighted by atomic mass is 9.49. The zero-order valence-corrected chi connectivity index (χ0v) is 49.0. The highest BCUT2D eigenvalue weighted by molar-refractivity contribution is 6.00. The van der Waals surface area contributed by atoms with Crippen LogP contribution in [-0.2, 0) is 105 Å². The summed E-state index contributed by atoms with van der Waals surface area (Å²) in [6.45, 7) is 6.53. The SMILES string of the molecule is CC(=O)OC[C@H]1O[C@@H](OCCn2nc3c(c2NC(=O)C24CC5CC(CC(C5)C2)C4)Cc2c(nn(CCO[C@@H]4O[C@H](COC(C)=O)[C@@H](OC(C)=O)[C@H]4OC(C)=O)c2NC(=O)C24CC5CC(CC(C5)C2)C4)-c2ccccc2-3)[C@H](OC(C)=O)[C@@H]1OC(C)=O. The molecule has 8 bridgehead atoms. The van der Waals surface area contributed by atoms with E-state index in [-0.39, 0.29) is 57.8 Å². The molecular weight excluding hydrogens is 1100 g/mol. The predicted molar refractivity (Wildman–Crippen MR) is 295 cm³/mol. The fraction of sp³-hybridized carbons (Fsp3) is 0.672. The van der Waals surface area contributed by atoms with Crippen LogP contribution in [0.3, 0.4) is 0 Å². The van der Waals surface area contributed by atoms with Crippen LogP contribution in [0.4, 0.5) is 11.6 Å². The first kappa shape index (κ1) is 58.6. The van der Waals surface area contributed by atoms with Crippen LogP contribution in [0.5, 0.6) is 0 Å². The Bertz CT molecular complexity index is 2880. The maximum atomic E-state index is 15.4. The lowest BCUT2D eigenvalue weighted by Gasteiger charge is -2.55. The van der Waals surface area contributed by atoms with Gasteiger partial charge in [0.25, 0.3) is 0 Å². The number of carbonyl (C=O) groups is 8. The van der Waals surface area contributed by atoms with E-state index in [0.29, 0.717) is 80.8 Å². The molecule has 4 heterocycles. The average molecular weight is 1180 g/mol. The third-order valence-corrected chi connectivity index (χ3v) is 19.2. The van der Waals surface area contributed by atoms with E-state index in [1.165, 1.54) is 41.5 Å². The first-order chi connectivity index (χ1) is 40.7. The Balaban J connectivity index is 0.905. The third-order valence-electron chi connectivity index (χ3n) is 19.2. The molecule has 24 nitrogen and oxygen atoms in total. The van der Waals surface area contributed by atoms with E-state index in [1.807, 2.05) is 24.3 Å². The molecule has 2 N–H and O–H groups in total. The summed E-state index contributed by atoms with van der Waals surface area (Å²) in [7, 11) is 0. The number of amides is 2. The van der Waals surface area contributed by atoms with Crippen LogP contribution < -0.4 is 10.6 Å². The average Bonchev–Trinajstić information content (AvgIpc) is 2.27. The Labute approximate surface area is 491 Å². The van der Waals surface area contributed by atoms with Crippen molar-refractivity contribution in [2.45, 2.75) is 187 Å². The smallest absolute Gasteiger partial charge is 0.303 e. The normalized spacial score (nSPS) is 33.2. The Hall–Kier alpha value is -6.76. The maximum absolute atomic E-state index is 15.4. The molecule has 0 spiro atoms. The Morgan fingerprint density at radius 3 is 1.14 bits per heavy atom. The van der Waals surface area contributed by atoms with Gasteiger partial charge in [0.1, 0.15) is 37.1 Å². The van der Waals surface area contributed by atoms with Gasteiger partial charge < -0.3 is 58.0 Å². The van der Waals surface area contributed by atoms with E-state index in [2.05, 4.69) is 10.6 Å². The standard InChI is InChI=1S/C61H76N6O18/c1-30(68)78-28-46-50(80-32(3)70)52(82-34(5)72)56(84-46)76-13-11-66-54(62-58(74)60-22-36-15-37(23-60)17-38(16-36)24-60)44-21-45-49(43-10-8-7-9-42(43)48(44)64-66)65-67(55(45)63-59(75)61-25-39-18-40(26-61)20-41(19-39)27-61)12-14-77-57-53(83-35(6)73)51(81-33(4)71)47(85-57)29-79-31(2)69/h7-10,36-41,46-47,50-53,56-57H,11-29H2,1-6H3,(H,62,74)(H,63,75)/t36?,37?,38?,39?,40?,41?,46-,47-,50-,51-,52-,53-,56-,57-,60?,61?/m1/s1. The number of ether oxygens (including phenoxy) is 10. The number of nitrogens with one attached hydrogen (secondary N) is 2. The fourth-order valence-electron chi connectivity index (χ4n) is 16.8. The van der Waals surface area contributed by atoms with Crippen molar-refractivity contribution in [1.29, 1.82) is 0 Å². The van der Waals surface area contributed by atoms with Crippen LogP contribution in [0.25, 0.3) is 22.5 Å². The highest BCUT2D eigenvalue weighted by atomic mass is 16.8. The molecule has 24 heteroatoms. The van der Waals surface area contributed by atoms with Gasteiger partial charge in [-0.15, -0.1) is 0 Å². The predicted octanol–water partition coefficient (Wildman–Crippen LogP) is 5.96. The molecule has 14 rings (SSSR count). The maximum Gasteiger partial charge on any atom is 0.303 e. The van der Waals surface area contributed by atoms with Crippen LogP contribution in [0.1, 0.15) is 130 Å². The molecule has 0 radical (unpaired) electrons. The molecule has 458 valence electrons. The highest BCUT2D eigenvalue weighted by Gasteiger charge is 2.57. The van der Waals surface area contributed by atoms with Gasteiger partial charge in [0.05, 0.1) is 48.5 Å². The van der Waals surface area contributed by atoms with Crippen molar-refractivity contribution in [2.24, 2.45) is 46.3 Å². The van der Waals surface area contributed by atoms with Gasteiger partial charge in [-0.25, -0.2) is 9.36 Å². The van der Waals surface area contributed by atoms with Crippen LogP contribution in [-0.4, -0.2) is 143 Å². The fourth-order valence-corrected chi connectivity index (χ4v) is 16.8. The molecule has 85 heavy (non-hydrogen) atoms. The molecule has 2 amide bonds. The quantitative estimate of drug-likeness (QED) is 0.0762. The van der Waals surface area contributed by atoms with Gasteiger partial charge in [-0.1, -0.05) is 24.3 Å². The zero-order chi connectivity index (χ0) is 59.6. The third kappa shape index (κ3) is 11.8. The number of rotatable bonds is 20. The summed E-state index contributed by atoms with van der Waals surface area (Å²) in [6.07, 6.45) is 2.33. The van der Waals surface area contributed by atoms with Crippen molar-refractivity contribution < 1.29 is 85.7 Å². The van der Waals surface area contributed by atoms with E-state index in [9.17, 15) is 28.8 Å².